The maximum atomic E-state index is 13.6. The summed E-state index contributed by atoms with van der Waals surface area (Å²) in [6.07, 6.45) is 0. The van der Waals surface area contributed by atoms with Crippen LogP contribution in [0.1, 0.15) is 15.9 Å². The van der Waals surface area contributed by atoms with Gasteiger partial charge in [-0.2, -0.15) is 11.3 Å². The molecule has 0 saturated carbocycles. The van der Waals surface area contributed by atoms with Gasteiger partial charge in [0, 0.05) is 18.1 Å². The molecule has 0 unspecified atom stereocenters. The molecule has 1 aromatic carbocycles. The molecule has 1 amide bonds. The fraction of sp³-hybridized carbons (Fsp3) is 0.154. The maximum absolute atomic E-state index is 13.6. The number of rotatable bonds is 3. The molecule has 0 spiro atoms. The van der Waals surface area contributed by atoms with Crippen LogP contribution >= 0.6 is 27.3 Å². The highest BCUT2D eigenvalue weighted by Crippen LogP contribution is 2.18. The number of carbonyl (C=O) groups excluding carboxylic acids is 1. The summed E-state index contributed by atoms with van der Waals surface area (Å²) in [7, 11) is 1.67. The fourth-order valence-electron chi connectivity index (χ4n) is 1.60. The predicted octanol–water partition coefficient (Wildman–Crippen LogP) is 3.92. The van der Waals surface area contributed by atoms with Crippen LogP contribution in [0, 0.1) is 5.82 Å². The monoisotopic (exact) mass is 327 g/mol. The van der Waals surface area contributed by atoms with E-state index < -0.39 is 5.82 Å². The van der Waals surface area contributed by atoms with Crippen molar-refractivity contribution in [1.82, 2.24) is 4.90 Å². The number of halogens is 2. The molecule has 2 nitrogen and oxygen atoms in total. The molecule has 18 heavy (non-hydrogen) atoms. The summed E-state index contributed by atoms with van der Waals surface area (Å²) in [5.74, 6) is -0.819. The first kappa shape index (κ1) is 13.2. The number of amides is 1. The van der Waals surface area contributed by atoms with E-state index in [4.69, 9.17) is 0 Å². The van der Waals surface area contributed by atoms with E-state index >= 15 is 0 Å². The average Bonchev–Trinajstić information content (AvgIpc) is 2.84. The summed E-state index contributed by atoms with van der Waals surface area (Å²) in [6.45, 7) is 0.480. The Balaban J connectivity index is 2.17. The molecule has 0 saturated heterocycles. The molecular formula is C13H11BrFNOS. The highest BCUT2D eigenvalue weighted by atomic mass is 79.9. The number of thiophene rings is 1. The third-order valence-electron chi connectivity index (χ3n) is 2.51. The van der Waals surface area contributed by atoms with Gasteiger partial charge in [0.05, 0.1) is 5.56 Å². The third kappa shape index (κ3) is 2.97. The topological polar surface area (TPSA) is 20.3 Å². The van der Waals surface area contributed by atoms with Gasteiger partial charge in [0.1, 0.15) is 5.82 Å². The van der Waals surface area contributed by atoms with Crippen LogP contribution in [-0.2, 0) is 6.54 Å². The van der Waals surface area contributed by atoms with Gasteiger partial charge in [0.15, 0.2) is 0 Å². The Bertz CT molecular complexity index is 556. The van der Waals surface area contributed by atoms with Crippen molar-refractivity contribution in [1.29, 1.82) is 0 Å². The summed E-state index contributed by atoms with van der Waals surface area (Å²) in [6, 6.07) is 6.31. The van der Waals surface area contributed by atoms with Gasteiger partial charge in [-0.15, -0.1) is 0 Å². The van der Waals surface area contributed by atoms with Crippen LogP contribution in [0.3, 0.4) is 0 Å². The first-order valence-electron chi connectivity index (χ1n) is 5.29. The van der Waals surface area contributed by atoms with Gasteiger partial charge in [0.25, 0.3) is 5.91 Å². The SMILES string of the molecule is CN(Cc1ccsc1)C(=O)c1cc(Br)ccc1F. The number of carbonyl (C=O) groups is 1. The first-order chi connectivity index (χ1) is 8.58. The second kappa shape index (κ2) is 5.63. The van der Waals surface area contributed by atoms with Crippen molar-refractivity contribution in [2.45, 2.75) is 6.54 Å². The van der Waals surface area contributed by atoms with E-state index in [2.05, 4.69) is 15.9 Å². The van der Waals surface area contributed by atoms with Gasteiger partial charge < -0.3 is 4.90 Å². The third-order valence-corrected chi connectivity index (χ3v) is 3.73. The molecule has 0 aliphatic rings. The van der Waals surface area contributed by atoms with Crippen molar-refractivity contribution in [3.63, 3.8) is 0 Å². The smallest absolute Gasteiger partial charge is 0.256 e. The Kier molecular flexibility index (Phi) is 4.14. The minimum Gasteiger partial charge on any atom is -0.337 e. The molecule has 94 valence electrons. The number of benzene rings is 1. The van der Waals surface area contributed by atoms with Crippen LogP contribution in [0.2, 0.25) is 0 Å². The van der Waals surface area contributed by atoms with Gasteiger partial charge >= 0.3 is 0 Å². The van der Waals surface area contributed by atoms with E-state index in [1.807, 2.05) is 16.8 Å². The van der Waals surface area contributed by atoms with Gasteiger partial charge in [-0.05, 0) is 40.6 Å². The van der Waals surface area contributed by atoms with Crippen molar-refractivity contribution in [2.75, 3.05) is 7.05 Å². The minimum atomic E-state index is -0.500. The van der Waals surface area contributed by atoms with E-state index in [-0.39, 0.29) is 11.5 Å². The summed E-state index contributed by atoms with van der Waals surface area (Å²) < 4.78 is 14.3. The molecule has 0 fully saturated rings. The zero-order valence-corrected chi connectivity index (χ0v) is 12.1. The number of hydrogen-bond donors (Lipinski definition) is 0. The van der Waals surface area contributed by atoms with Gasteiger partial charge in [0.2, 0.25) is 0 Å². The molecule has 2 aromatic rings. The summed E-state index contributed by atoms with van der Waals surface area (Å²) in [5.41, 5.74) is 1.13. The quantitative estimate of drug-likeness (QED) is 0.836. The highest BCUT2D eigenvalue weighted by molar-refractivity contribution is 9.10. The molecule has 5 heteroatoms. The zero-order valence-electron chi connectivity index (χ0n) is 9.69. The lowest BCUT2D eigenvalue weighted by atomic mass is 10.2. The van der Waals surface area contributed by atoms with Crippen LogP contribution in [0.25, 0.3) is 0 Å². The lowest BCUT2D eigenvalue weighted by Crippen LogP contribution is -2.26. The standard InChI is InChI=1S/C13H11BrFNOS/c1-16(7-9-4-5-18-8-9)13(17)11-6-10(14)2-3-12(11)15/h2-6,8H,7H2,1H3. The van der Waals surface area contributed by atoms with E-state index in [9.17, 15) is 9.18 Å². The molecule has 0 N–H and O–H groups in total. The Morgan fingerprint density at radius 2 is 2.22 bits per heavy atom. The Morgan fingerprint density at radius 1 is 1.44 bits per heavy atom. The zero-order chi connectivity index (χ0) is 13.1. The van der Waals surface area contributed by atoms with Crippen molar-refractivity contribution in [3.8, 4) is 0 Å². The Morgan fingerprint density at radius 3 is 2.89 bits per heavy atom. The number of hydrogen-bond acceptors (Lipinski definition) is 2. The molecule has 0 aliphatic carbocycles. The molecular weight excluding hydrogens is 317 g/mol. The van der Waals surface area contributed by atoms with Crippen LogP contribution in [0.15, 0.2) is 39.5 Å². The van der Waals surface area contributed by atoms with Crippen molar-refractivity contribution in [2.24, 2.45) is 0 Å². The normalized spacial score (nSPS) is 10.4. The molecule has 1 aromatic heterocycles. The second-order valence-corrected chi connectivity index (χ2v) is 5.61. The maximum Gasteiger partial charge on any atom is 0.256 e. The molecule has 0 radical (unpaired) electrons. The molecule has 2 rings (SSSR count). The van der Waals surface area contributed by atoms with Crippen LogP contribution in [0.5, 0.6) is 0 Å². The van der Waals surface area contributed by atoms with E-state index in [0.717, 1.165) is 5.56 Å². The van der Waals surface area contributed by atoms with E-state index in [1.165, 1.54) is 17.0 Å². The van der Waals surface area contributed by atoms with Crippen molar-refractivity contribution in [3.05, 3.63) is 56.4 Å². The van der Waals surface area contributed by atoms with E-state index in [0.29, 0.717) is 11.0 Å². The van der Waals surface area contributed by atoms with Gasteiger partial charge in [-0.3, -0.25) is 4.79 Å². The molecule has 0 bridgehead atoms. The molecule has 0 atom stereocenters. The average molecular weight is 328 g/mol. The lowest BCUT2D eigenvalue weighted by Gasteiger charge is -2.17. The first-order valence-corrected chi connectivity index (χ1v) is 7.03. The van der Waals surface area contributed by atoms with Crippen LogP contribution in [0.4, 0.5) is 4.39 Å². The highest BCUT2D eigenvalue weighted by Gasteiger charge is 2.16. The van der Waals surface area contributed by atoms with Gasteiger partial charge in [-0.1, -0.05) is 15.9 Å². The van der Waals surface area contributed by atoms with Gasteiger partial charge in [-0.25, -0.2) is 4.39 Å². The second-order valence-electron chi connectivity index (χ2n) is 3.92. The largest absolute Gasteiger partial charge is 0.337 e. The molecule has 0 aliphatic heterocycles. The minimum absolute atomic E-state index is 0.0853. The van der Waals surface area contributed by atoms with Crippen LogP contribution < -0.4 is 0 Å². The van der Waals surface area contributed by atoms with Crippen molar-refractivity contribution < 1.29 is 9.18 Å². The number of nitrogens with zero attached hydrogens (tertiary/aromatic N) is 1. The summed E-state index contributed by atoms with van der Waals surface area (Å²) in [4.78, 5) is 13.6. The Labute approximate surface area is 117 Å². The molecule has 1 heterocycles. The van der Waals surface area contributed by atoms with E-state index in [1.54, 1.807) is 24.5 Å². The Hall–Kier alpha value is -1.20. The lowest BCUT2D eigenvalue weighted by molar-refractivity contribution is 0.0780. The fourth-order valence-corrected chi connectivity index (χ4v) is 2.62. The summed E-state index contributed by atoms with van der Waals surface area (Å²) in [5, 5.41) is 3.92. The predicted molar refractivity (Wildman–Crippen MR) is 74.2 cm³/mol. The van der Waals surface area contributed by atoms with Crippen LogP contribution in [-0.4, -0.2) is 17.9 Å². The summed E-state index contributed by atoms with van der Waals surface area (Å²) >= 11 is 4.81. The van der Waals surface area contributed by atoms with Crippen molar-refractivity contribution >= 4 is 33.2 Å².